The fraction of sp³-hybridized carbons (Fsp3) is 0.294. The summed E-state index contributed by atoms with van der Waals surface area (Å²) in [5.41, 5.74) is 1.83. The smallest absolute Gasteiger partial charge is 0.404 e. The molecule has 2 unspecified atom stereocenters. The van der Waals surface area contributed by atoms with Gasteiger partial charge < -0.3 is 20.8 Å². The minimum absolute atomic E-state index is 0.272. The van der Waals surface area contributed by atoms with Crippen molar-refractivity contribution in [2.24, 2.45) is 0 Å². The summed E-state index contributed by atoms with van der Waals surface area (Å²) >= 11 is 0. The van der Waals surface area contributed by atoms with Crippen LogP contribution in [0.5, 0.6) is 0 Å². The highest BCUT2D eigenvalue weighted by Gasteiger charge is 2.21. The summed E-state index contributed by atoms with van der Waals surface area (Å²) in [7, 11) is 0. The lowest BCUT2D eigenvalue weighted by Gasteiger charge is -2.23. The third-order valence-electron chi connectivity index (χ3n) is 3.46. The second-order valence-electron chi connectivity index (χ2n) is 5.27. The van der Waals surface area contributed by atoms with Gasteiger partial charge in [-0.1, -0.05) is 36.4 Å². The Bertz CT molecular complexity index is 593. The van der Waals surface area contributed by atoms with Crippen LogP contribution in [-0.2, 0) is 13.0 Å². The summed E-state index contributed by atoms with van der Waals surface area (Å²) in [4.78, 5) is 15.1. The van der Waals surface area contributed by atoms with E-state index in [0.29, 0.717) is 13.0 Å². The zero-order chi connectivity index (χ0) is 16.5. The number of rotatable bonds is 8. The van der Waals surface area contributed by atoms with Crippen LogP contribution in [0.15, 0.2) is 54.7 Å². The molecule has 0 bridgehead atoms. The molecule has 0 saturated heterocycles. The topological polar surface area (TPSA) is 94.5 Å². The van der Waals surface area contributed by atoms with E-state index in [1.807, 2.05) is 48.5 Å². The lowest BCUT2D eigenvalue weighted by Crippen LogP contribution is -2.48. The Hall–Kier alpha value is -2.44. The maximum atomic E-state index is 10.9. The average Bonchev–Trinajstić information content (AvgIpc) is 2.56. The Morgan fingerprint density at radius 3 is 2.52 bits per heavy atom. The number of benzene rings is 1. The quantitative estimate of drug-likeness (QED) is 0.591. The van der Waals surface area contributed by atoms with Crippen LogP contribution in [-0.4, -0.2) is 40.0 Å². The maximum absolute atomic E-state index is 10.9. The van der Waals surface area contributed by atoms with E-state index in [0.717, 1.165) is 11.3 Å². The molecule has 23 heavy (non-hydrogen) atoms. The Morgan fingerprint density at radius 2 is 1.87 bits per heavy atom. The number of nitrogens with zero attached hydrogens (tertiary/aromatic N) is 1. The SMILES string of the molecule is O=C(O)NC(Cc1ccccc1)C(O)CNCc1ccccn1. The number of amides is 1. The van der Waals surface area contributed by atoms with Crippen LogP contribution in [0.4, 0.5) is 4.79 Å². The van der Waals surface area contributed by atoms with Crippen molar-refractivity contribution in [2.45, 2.75) is 25.1 Å². The van der Waals surface area contributed by atoms with Gasteiger partial charge in [-0.15, -0.1) is 0 Å². The van der Waals surface area contributed by atoms with Gasteiger partial charge in [0.2, 0.25) is 0 Å². The molecule has 122 valence electrons. The molecule has 0 spiro atoms. The molecule has 6 nitrogen and oxygen atoms in total. The molecule has 2 atom stereocenters. The van der Waals surface area contributed by atoms with E-state index in [1.165, 1.54) is 0 Å². The van der Waals surface area contributed by atoms with Crippen molar-refractivity contribution in [1.29, 1.82) is 0 Å². The fourth-order valence-corrected chi connectivity index (χ4v) is 2.30. The highest BCUT2D eigenvalue weighted by Crippen LogP contribution is 2.06. The summed E-state index contributed by atoms with van der Waals surface area (Å²) in [5.74, 6) is 0. The molecule has 0 radical (unpaired) electrons. The van der Waals surface area contributed by atoms with Gasteiger partial charge in [0.05, 0.1) is 17.8 Å². The van der Waals surface area contributed by atoms with Crippen molar-refractivity contribution in [3.63, 3.8) is 0 Å². The van der Waals surface area contributed by atoms with Crippen LogP contribution in [0.25, 0.3) is 0 Å². The molecular formula is C17H21N3O3. The largest absolute Gasteiger partial charge is 0.465 e. The lowest BCUT2D eigenvalue weighted by molar-refractivity contribution is 0.117. The molecule has 2 rings (SSSR count). The molecule has 1 amide bonds. The Morgan fingerprint density at radius 1 is 1.13 bits per heavy atom. The first kappa shape index (κ1) is 16.9. The zero-order valence-electron chi connectivity index (χ0n) is 12.7. The lowest BCUT2D eigenvalue weighted by atomic mass is 10.0. The van der Waals surface area contributed by atoms with E-state index in [-0.39, 0.29) is 6.54 Å². The normalized spacial score (nSPS) is 13.3. The average molecular weight is 315 g/mol. The van der Waals surface area contributed by atoms with E-state index in [9.17, 15) is 9.90 Å². The van der Waals surface area contributed by atoms with Crippen LogP contribution in [0.3, 0.4) is 0 Å². The third-order valence-corrected chi connectivity index (χ3v) is 3.46. The van der Waals surface area contributed by atoms with Crippen molar-refractivity contribution < 1.29 is 15.0 Å². The van der Waals surface area contributed by atoms with Gasteiger partial charge >= 0.3 is 6.09 Å². The predicted molar refractivity (Wildman–Crippen MR) is 87.0 cm³/mol. The van der Waals surface area contributed by atoms with E-state index >= 15 is 0 Å². The van der Waals surface area contributed by atoms with Gasteiger partial charge in [0.1, 0.15) is 0 Å². The summed E-state index contributed by atoms with van der Waals surface area (Å²) in [6.07, 6.45) is 0.154. The van der Waals surface area contributed by atoms with E-state index in [1.54, 1.807) is 6.20 Å². The highest BCUT2D eigenvalue weighted by atomic mass is 16.4. The number of hydrogen-bond acceptors (Lipinski definition) is 4. The number of aliphatic hydroxyl groups excluding tert-OH is 1. The molecule has 0 aliphatic heterocycles. The van der Waals surface area contributed by atoms with Gasteiger partial charge in [-0.05, 0) is 24.1 Å². The third kappa shape index (κ3) is 6.06. The molecule has 2 aromatic rings. The summed E-state index contributed by atoms with van der Waals surface area (Å²) < 4.78 is 0. The molecule has 1 aromatic heterocycles. The van der Waals surface area contributed by atoms with Crippen LogP contribution in [0.2, 0.25) is 0 Å². The molecule has 0 aliphatic rings. The minimum atomic E-state index is -1.14. The van der Waals surface area contributed by atoms with Gasteiger partial charge in [-0.2, -0.15) is 0 Å². The molecule has 4 N–H and O–H groups in total. The molecule has 0 fully saturated rings. The number of pyridine rings is 1. The van der Waals surface area contributed by atoms with Crippen molar-refractivity contribution in [3.05, 3.63) is 66.0 Å². The number of nitrogens with one attached hydrogen (secondary N) is 2. The van der Waals surface area contributed by atoms with Crippen LogP contribution in [0.1, 0.15) is 11.3 Å². The second kappa shape index (κ2) is 8.87. The van der Waals surface area contributed by atoms with E-state index in [4.69, 9.17) is 5.11 Å². The first-order chi connectivity index (χ1) is 11.1. The standard InChI is InChI=1S/C17H21N3O3/c21-16(12-18-11-14-8-4-5-9-19-14)15(20-17(22)23)10-13-6-2-1-3-7-13/h1-9,15-16,18,20-21H,10-12H2,(H,22,23). The first-order valence-electron chi connectivity index (χ1n) is 7.47. The van der Waals surface area contributed by atoms with Crippen molar-refractivity contribution >= 4 is 6.09 Å². The van der Waals surface area contributed by atoms with Crippen molar-refractivity contribution in [1.82, 2.24) is 15.6 Å². The molecule has 0 aliphatic carbocycles. The Balaban J connectivity index is 1.88. The van der Waals surface area contributed by atoms with Gasteiger partial charge in [-0.3, -0.25) is 4.98 Å². The van der Waals surface area contributed by atoms with E-state index in [2.05, 4.69) is 15.6 Å². The number of carboxylic acid groups (broad SMARTS) is 1. The minimum Gasteiger partial charge on any atom is -0.465 e. The Kier molecular flexibility index (Phi) is 6.53. The van der Waals surface area contributed by atoms with Crippen LogP contribution in [0, 0.1) is 0 Å². The van der Waals surface area contributed by atoms with Gasteiger partial charge in [0.15, 0.2) is 0 Å². The molecule has 0 saturated carbocycles. The van der Waals surface area contributed by atoms with Gasteiger partial charge in [0.25, 0.3) is 0 Å². The number of aromatic nitrogens is 1. The summed E-state index contributed by atoms with van der Waals surface area (Å²) in [6, 6.07) is 14.5. The van der Waals surface area contributed by atoms with Gasteiger partial charge in [0, 0.05) is 19.3 Å². The summed E-state index contributed by atoms with van der Waals surface area (Å²) in [6.45, 7) is 0.789. The van der Waals surface area contributed by atoms with Crippen LogP contribution >= 0.6 is 0 Å². The molecule has 1 heterocycles. The Labute approximate surface area is 135 Å². The van der Waals surface area contributed by atoms with Crippen molar-refractivity contribution in [2.75, 3.05) is 6.54 Å². The fourth-order valence-electron chi connectivity index (χ4n) is 2.30. The van der Waals surface area contributed by atoms with E-state index < -0.39 is 18.2 Å². The summed E-state index contributed by atoms with van der Waals surface area (Å²) in [5, 5.41) is 24.7. The first-order valence-corrected chi connectivity index (χ1v) is 7.47. The highest BCUT2D eigenvalue weighted by molar-refractivity contribution is 5.65. The predicted octanol–water partition coefficient (Wildman–Crippen LogP) is 1.41. The number of aliphatic hydroxyl groups is 1. The molecule has 1 aromatic carbocycles. The monoisotopic (exact) mass is 315 g/mol. The van der Waals surface area contributed by atoms with Crippen LogP contribution < -0.4 is 10.6 Å². The maximum Gasteiger partial charge on any atom is 0.404 e. The van der Waals surface area contributed by atoms with Crippen molar-refractivity contribution in [3.8, 4) is 0 Å². The second-order valence-corrected chi connectivity index (χ2v) is 5.27. The number of carbonyl (C=O) groups is 1. The molecule has 6 heteroatoms. The molecular weight excluding hydrogens is 294 g/mol. The van der Waals surface area contributed by atoms with Gasteiger partial charge in [-0.25, -0.2) is 4.79 Å². The zero-order valence-corrected chi connectivity index (χ0v) is 12.7. The number of hydrogen-bond donors (Lipinski definition) is 4.